The summed E-state index contributed by atoms with van der Waals surface area (Å²) in [4.78, 5) is 9.59. The molecule has 37 heavy (non-hydrogen) atoms. The van der Waals surface area contributed by atoms with E-state index < -0.39 is 8.07 Å². The summed E-state index contributed by atoms with van der Waals surface area (Å²) in [6.07, 6.45) is 3.75. The Labute approximate surface area is 219 Å². The van der Waals surface area contributed by atoms with E-state index in [0.717, 1.165) is 11.4 Å². The maximum absolute atomic E-state index is 4.79. The molecule has 0 atom stereocenters. The number of benzene rings is 4. The van der Waals surface area contributed by atoms with Gasteiger partial charge < -0.3 is 0 Å². The van der Waals surface area contributed by atoms with Crippen LogP contribution in [0.2, 0.25) is 0 Å². The van der Waals surface area contributed by atoms with E-state index in [9.17, 15) is 0 Å². The van der Waals surface area contributed by atoms with Crippen molar-refractivity contribution in [2.45, 2.75) is 0 Å². The molecule has 2 heterocycles. The molecular formula is C34H26N2Si. The molecule has 6 aromatic rings. The lowest BCUT2D eigenvalue weighted by atomic mass is 10.1. The van der Waals surface area contributed by atoms with Gasteiger partial charge in [-0.15, -0.1) is 0 Å². The van der Waals surface area contributed by atoms with Crippen molar-refractivity contribution in [3.8, 4) is 22.5 Å². The minimum absolute atomic E-state index is 0.983. The van der Waals surface area contributed by atoms with Gasteiger partial charge in [0.05, 0.1) is 11.4 Å². The quantitative estimate of drug-likeness (QED) is 0.237. The molecule has 176 valence electrons. The highest BCUT2D eigenvalue weighted by Crippen LogP contribution is 2.23. The molecule has 0 saturated carbocycles. The Kier molecular flexibility index (Phi) is 6.28. The molecule has 0 fully saturated rings. The highest BCUT2D eigenvalue weighted by Gasteiger charge is 2.44. The lowest BCUT2D eigenvalue weighted by Crippen LogP contribution is -2.75. The van der Waals surface area contributed by atoms with Crippen molar-refractivity contribution in [1.82, 2.24) is 9.97 Å². The van der Waals surface area contributed by atoms with Gasteiger partial charge in [-0.05, 0) is 45.0 Å². The molecule has 0 aliphatic heterocycles. The summed E-state index contributed by atoms with van der Waals surface area (Å²) in [5.74, 6) is 0. The minimum Gasteiger partial charge on any atom is -0.256 e. The summed E-state index contributed by atoms with van der Waals surface area (Å²) in [5.41, 5.74) is 4.30. The van der Waals surface area contributed by atoms with E-state index in [1.807, 2.05) is 24.5 Å². The summed E-state index contributed by atoms with van der Waals surface area (Å²) in [5, 5.41) is 5.28. The largest absolute Gasteiger partial charge is 0.256 e. The molecule has 4 aromatic carbocycles. The highest BCUT2D eigenvalue weighted by molar-refractivity contribution is 7.20. The van der Waals surface area contributed by atoms with Crippen LogP contribution < -0.4 is 20.7 Å². The Hall–Kier alpha value is -4.60. The molecular weight excluding hydrogens is 464 g/mol. The molecule has 0 amide bonds. The molecule has 0 saturated heterocycles. The average Bonchev–Trinajstić information content (AvgIpc) is 3.00. The molecule has 0 unspecified atom stereocenters. The van der Waals surface area contributed by atoms with Crippen molar-refractivity contribution < 1.29 is 0 Å². The third-order valence-electron chi connectivity index (χ3n) is 6.96. The molecule has 0 aliphatic rings. The van der Waals surface area contributed by atoms with Gasteiger partial charge >= 0.3 is 0 Å². The van der Waals surface area contributed by atoms with Crippen LogP contribution in [0.5, 0.6) is 0 Å². The van der Waals surface area contributed by atoms with Crippen LogP contribution in [0.25, 0.3) is 22.5 Å². The average molecular weight is 491 g/mol. The fraction of sp³-hybridized carbons (Fsp3) is 0. The Balaban J connectivity index is 1.80. The molecule has 3 heteroatoms. The van der Waals surface area contributed by atoms with Gasteiger partial charge in [0.1, 0.15) is 0 Å². The van der Waals surface area contributed by atoms with E-state index in [1.165, 1.54) is 31.9 Å². The van der Waals surface area contributed by atoms with Crippen LogP contribution in [0.4, 0.5) is 0 Å². The maximum atomic E-state index is 4.79. The Morgan fingerprint density at radius 1 is 0.351 bits per heavy atom. The second-order valence-electron chi connectivity index (χ2n) is 9.00. The maximum Gasteiger partial charge on any atom is 0.180 e. The van der Waals surface area contributed by atoms with Crippen LogP contribution in [-0.2, 0) is 0 Å². The third kappa shape index (κ3) is 4.10. The zero-order valence-corrected chi connectivity index (χ0v) is 21.4. The monoisotopic (exact) mass is 490 g/mol. The van der Waals surface area contributed by atoms with Crippen LogP contribution in [-0.4, -0.2) is 18.0 Å². The number of hydrogen-bond donors (Lipinski definition) is 0. The first-order valence-corrected chi connectivity index (χ1v) is 14.5. The van der Waals surface area contributed by atoms with Gasteiger partial charge in [-0.2, -0.15) is 0 Å². The van der Waals surface area contributed by atoms with Crippen molar-refractivity contribution in [3.63, 3.8) is 0 Å². The van der Waals surface area contributed by atoms with Gasteiger partial charge in [0.15, 0.2) is 8.07 Å². The molecule has 0 bridgehead atoms. The molecule has 0 N–H and O–H groups in total. The molecule has 6 rings (SSSR count). The fourth-order valence-corrected chi connectivity index (χ4v) is 10.6. The van der Waals surface area contributed by atoms with Gasteiger partial charge in [0.25, 0.3) is 0 Å². The van der Waals surface area contributed by atoms with Crippen LogP contribution >= 0.6 is 0 Å². The van der Waals surface area contributed by atoms with Gasteiger partial charge in [0, 0.05) is 23.5 Å². The molecule has 0 aliphatic carbocycles. The van der Waals surface area contributed by atoms with E-state index in [4.69, 9.17) is 9.97 Å². The van der Waals surface area contributed by atoms with E-state index in [2.05, 4.69) is 133 Å². The van der Waals surface area contributed by atoms with E-state index >= 15 is 0 Å². The van der Waals surface area contributed by atoms with Gasteiger partial charge in [0.2, 0.25) is 0 Å². The number of hydrogen-bond acceptors (Lipinski definition) is 2. The predicted molar refractivity (Wildman–Crippen MR) is 157 cm³/mol. The Morgan fingerprint density at radius 3 is 1.14 bits per heavy atom. The molecule has 2 nitrogen and oxygen atoms in total. The first-order valence-electron chi connectivity index (χ1n) is 12.5. The molecule has 2 aromatic heterocycles. The normalized spacial score (nSPS) is 11.2. The molecule has 0 radical (unpaired) electrons. The summed E-state index contributed by atoms with van der Waals surface area (Å²) < 4.78 is 0. The van der Waals surface area contributed by atoms with E-state index in [0.29, 0.717) is 0 Å². The highest BCUT2D eigenvalue weighted by atomic mass is 28.3. The standard InChI is InChI=1S/C34H26N2Si/c1-3-15-27(16-4-1)37(28-17-5-2-6-18-28,33-23-9-7-19-29(33)31-21-11-13-25-35-31)34-24-10-8-20-30(34)32-22-12-14-26-36-32/h1-26H. The van der Waals surface area contributed by atoms with Crippen molar-refractivity contribution >= 4 is 28.8 Å². The van der Waals surface area contributed by atoms with Gasteiger partial charge in [-0.25, -0.2) is 0 Å². The summed E-state index contributed by atoms with van der Waals surface area (Å²) in [7, 11) is -2.83. The predicted octanol–water partition coefficient (Wildman–Crippen LogP) is 5.19. The van der Waals surface area contributed by atoms with Crippen LogP contribution in [0.1, 0.15) is 0 Å². The fourth-order valence-electron chi connectivity index (χ4n) is 5.42. The smallest absolute Gasteiger partial charge is 0.180 e. The lowest BCUT2D eigenvalue weighted by molar-refractivity contribution is 1.33. The topological polar surface area (TPSA) is 25.8 Å². The number of nitrogens with zero attached hydrogens (tertiary/aromatic N) is 2. The van der Waals surface area contributed by atoms with Crippen molar-refractivity contribution in [2.75, 3.05) is 0 Å². The van der Waals surface area contributed by atoms with Gasteiger partial charge in [-0.1, -0.05) is 121 Å². The first-order chi connectivity index (χ1) is 18.4. The van der Waals surface area contributed by atoms with Crippen LogP contribution in [0.3, 0.4) is 0 Å². The van der Waals surface area contributed by atoms with E-state index in [1.54, 1.807) is 0 Å². The lowest BCUT2D eigenvalue weighted by Gasteiger charge is -2.37. The summed E-state index contributed by atoms with van der Waals surface area (Å²) in [6.45, 7) is 0. The number of pyridine rings is 2. The van der Waals surface area contributed by atoms with Crippen molar-refractivity contribution in [1.29, 1.82) is 0 Å². The van der Waals surface area contributed by atoms with Crippen molar-refractivity contribution in [3.05, 3.63) is 158 Å². The number of aromatic nitrogens is 2. The van der Waals surface area contributed by atoms with Crippen molar-refractivity contribution in [2.24, 2.45) is 0 Å². The summed E-state index contributed by atoms with van der Waals surface area (Å²) in [6, 6.07) is 51.9. The van der Waals surface area contributed by atoms with E-state index in [-0.39, 0.29) is 0 Å². The minimum atomic E-state index is -2.83. The SMILES string of the molecule is c1ccc([Si](c2ccccc2)(c2ccccc2-c2ccccn2)c2ccccc2-c2ccccn2)cc1. The third-order valence-corrected chi connectivity index (χ3v) is 11.8. The zero-order chi connectivity index (χ0) is 24.9. The Bertz CT molecular complexity index is 1480. The Morgan fingerprint density at radius 2 is 0.730 bits per heavy atom. The molecule has 0 spiro atoms. The first kappa shape index (κ1) is 22.8. The van der Waals surface area contributed by atoms with Crippen LogP contribution in [0, 0.1) is 0 Å². The second kappa shape index (κ2) is 10.2. The second-order valence-corrected chi connectivity index (χ2v) is 12.7. The van der Waals surface area contributed by atoms with Crippen LogP contribution in [0.15, 0.2) is 158 Å². The zero-order valence-electron chi connectivity index (χ0n) is 20.4. The summed E-state index contributed by atoms with van der Waals surface area (Å²) >= 11 is 0. The number of rotatable bonds is 6. The van der Waals surface area contributed by atoms with Gasteiger partial charge in [-0.3, -0.25) is 9.97 Å².